The van der Waals surface area contributed by atoms with Crippen LogP contribution in [0.25, 0.3) is 22.0 Å². The third-order valence-corrected chi connectivity index (χ3v) is 7.58. The lowest BCUT2D eigenvalue weighted by Gasteiger charge is -2.23. The lowest BCUT2D eigenvalue weighted by atomic mass is 10.0. The summed E-state index contributed by atoms with van der Waals surface area (Å²) in [6, 6.07) is 9.01. The number of aromatic nitrogens is 5. The number of ketones is 1. The van der Waals surface area contributed by atoms with Gasteiger partial charge in [0.1, 0.15) is 34.9 Å². The van der Waals surface area contributed by atoms with Crippen molar-refractivity contribution in [1.29, 1.82) is 0 Å². The number of Topliss-reactive ketones (excluding diaryl/α,β-unsaturated/α-hetero) is 1. The summed E-state index contributed by atoms with van der Waals surface area (Å²) in [5.74, 6) is -1.13. The van der Waals surface area contributed by atoms with E-state index in [1.165, 1.54) is 33.8 Å². The van der Waals surface area contributed by atoms with Crippen LogP contribution in [-0.2, 0) is 16.1 Å². The van der Waals surface area contributed by atoms with Crippen LogP contribution in [0.1, 0.15) is 30.8 Å². The fraction of sp³-hybridized carbons (Fsp3) is 0.310. The van der Waals surface area contributed by atoms with Gasteiger partial charge in [0.15, 0.2) is 5.78 Å². The number of anilines is 1. The van der Waals surface area contributed by atoms with E-state index in [-0.39, 0.29) is 42.8 Å². The minimum atomic E-state index is -1.38. The molecule has 15 heteroatoms. The molecule has 0 spiro atoms. The molecule has 1 aliphatic heterocycles. The van der Waals surface area contributed by atoms with Crippen LogP contribution >= 0.6 is 15.9 Å². The summed E-state index contributed by atoms with van der Waals surface area (Å²) in [5, 5.41) is 7.52. The molecule has 1 aliphatic rings. The van der Waals surface area contributed by atoms with Crippen molar-refractivity contribution in [3.8, 4) is 17.1 Å². The van der Waals surface area contributed by atoms with Gasteiger partial charge in [0.25, 0.3) is 0 Å². The number of fused-ring (bicyclic) bond motifs is 1. The number of alkyl halides is 1. The van der Waals surface area contributed by atoms with Gasteiger partial charge in [0.05, 0.1) is 12.1 Å². The third kappa shape index (κ3) is 6.56. The van der Waals surface area contributed by atoms with Crippen molar-refractivity contribution in [2.45, 2.75) is 39.0 Å². The van der Waals surface area contributed by atoms with Gasteiger partial charge in [0.2, 0.25) is 11.8 Å². The first-order valence-corrected chi connectivity index (χ1v) is 14.5. The SMILES string of the molecule is CCN(C)C(=O)Oc1ncc(-c2ccc3c(c2)c(C(C)=O)nn3CC(=O)N2C[C@H](F)C[C@H]2C(=O)Nc2cccc(Br)n2)cn1. The summed E-state index contributed by atoms with van der Waals surface area (Å²) in [5.41, 5.74) is 1.89. The summed E-state index contributed by atoms with van der Waals surface area (Å²) < 4.78 is 21.5. The normalized spacial score (nSPS) is 16.2. The van der Waals surface area contributed by atoms with Gasteiger partial charge >= 0.3 is 12.1 Å². The van der Waals surface area contributed by atoms with Crippen molar-refractivity contribution in [1.82, 2.24) is 34.5 Å². The Balaban J connectivity index is 1.36. The Kier molecular flexibility index (Phi) is 8.94. The maximum absolute atomic E-state index is 14.5. The molecular weight excluding hydrogens is 639 g/mol. The molecule has 0 bridgehead atoms. The van der Waals surface area contributed by atoms with Crippen molar-refractivity contribution in [2.24, 2.45) is 0 Å². The number of hydrogen-bond donors (Lipinski definition) is 1. The Hall–Kier alpha value is -4.79. The fourth-order valence-corrected chi connectivity index (χ4v) is 5.10. The third-order valence-electron chi connectivity index (χ3n) is 7.13. The molecule has 1 saturated heterocycles. The molecule has 228 valence electrons. The van der Waals surface area contributed by atoms with Crippen molar-refractivity contribution >= 4 is 56.3 Å². The van der Waals surface area contributed by atoms with Crippen LogP contribution in [0.4, 0.5) is 15.0 Å². The molecule has 0 saturated carbocycles. The molecule has 0 radical (unpaired) electrons. The van der Waals surface area contributed by atoms with Crippen molar-refractivity contribution < 1.29 is 28.3 Å². The van der Waals surface area contributed by atoms with E-state index in [2.05, 4.69) is 41.3 Å². The van der Waals surface area contributed by atoms with E-state index >= 15 is 0 Å². The molecule has 2 atom stereocenters. The van der Waals surface area contributed by atoms with E-state index in [0.717, 1.165) is 0 Å². The Morgan fingerprint density at radius 3 is 2.57 bits per heavy atom. The Bertz CT molecular complexity index is 1750. The number of carbonyl (C=O) groups excluding carboxylic acids is 4. The lowest BCUT2D eigenvalue weighted by Crippen LogP contribution is -2.44. The van der Waals surface area contributed by atoms with E-state index < -0.39 is 30.1 Å². The maximum atomic E-state index is 14.5. The van der Waals surface area contributed by atoms with Crippen LogP contribution in [-0.4, -0.2) is 90.6 Å². The second-order valence-electron chi connectivity index (χ2n) is 10.2. The first-order valence-electron chi connectivity index (χ1n) is 13.7. The van der Waals surface area contributed by atoms with Gasteiger partial charge in [0, 0.05) is 50.3 Å². The van der Waals surface area contributed by atoms with Gasteiger partial charge in [-0.05, 0) is 52.7 Å². The van der Waals surface area contributed by atoms with Crippen LogP contribution in [0.5, 0.6) is 6.01 Å². The predicted molar refractivity (Wildman–Crippen MR) is 161 cm³/mol. The van der Waals surface area contributed by atoms with Crippen LogP contribution in [0.2, 0.25) is 0 Å². The Morgan fingerprint density at radius 1 is 1.14 bits per heavy atom. The van der Waals surface area contributed by atoms with E-state index in [0.29, 0.717) is 33.2 Å². The number of hydrogen-bond acceptors (Lipinski definition) is 9. The van der Waals surface area contributed by atoms with E-state index in [1.54, 1.807) is 50.4 Å². The topological polar surface area (TPSA) is 153 Å². The monoisotopic (exact) mass is 666 g/mol. The fourth-order valence-electron chi connectivity index (χ4n) is 4.76. The summed E-state index contributed by atoms with van der Waals surface area (Å²) in [7, 11) is 1.59. The molecule has 3 aromatic heterocycles. The second-order valence-corrected chi connectivity index (χ2v) is 11.0. The molecular formula is C29H28BrFN8O5. The molecule has 44 heavy (non-hydrogen) atoms. The molecule has 5 rings (SSSR count). The number of halogens is 2. The second kappa shape index (κ2) is 12.8. The van der Waals surface area contributed by atoms with Gasteiger partial charge in [-0.2, -0.15) is 5.10 Å². The van der Waals surface area contributed by atoms with Crippen LogP contribution < -0.4 is 10.1 Å². The zero-order valence-electron chi connectivity index (χ0n) is 24.0. The van der Waals surface area contributed by atoms with Crippen LogP contribution in [0.15, 0.2) is 53.4 Å². The predicted octanol–water partition coefficient (Wildman–Crippen LogP) is 3.88. The highest BCUT2D eigenvalue weighted by molar-refractivity contribution is 9.10. The van der Waals surface area contributed by atoms with Crippen molar-refractivity contribution in [3.63, 3.8) is 0 Å². The number of ether oxygens (including phenoxy) is 1. The van der Waals surface area contributed by atoms with E-state index in [9.17, 15) is 23.6 Å². The smallest absolute Gasteiger partial charge is 0.374 e. The number of amides is 3. The maximum Gasteiger partial charge on any atom is 0.417 e. The largest absolute Gasteiger partial charge is 0.417 e. The first kappa shape index (κ1) is 30.7. The number of likely N-dealkylation sites (tertiary alicyclic amines) is 1. The average Bonchev–Trinajstić information content (AvgIpc) is 3.57. The number of benzene rings is 1. The summed E-state index contributed by atoms with van der Waals surface area (Å²) in [6.07, 6.45) is 0.862. The highest BCUT2D eigenvalue weighted by Crippen LogP contribution is 2.28. The highest BCUT2D eigenvalue weighted by atomic mass is 79.9. The molecule has 4 heterocycles. The quantitative estimate of drug-likeness (QED) is 0.218. The van der Waals surface area contributed by atoms with Crippen LogP contribution in [0.3, 0.4) is 0 Å². The molecule has 0 unspecified atom stereocenters. The number of carbonyl (C=O) groups is 4. The summed E-state index contributed by atoms with van der Waals surface area (Å²) >= 11 is 3.24. The van der Waals surface area contributed by atoms with Gasteiger partial charge in [-0.1, -0.05) is 12.1 Å². The summed E-state index contributed by atoms with van der Waals surface area (Å²) in [4.78, 5) is 65.8. The van der Waals surface area contributed by atoms with E-state index in [1.807, 2.05) is 0 Å². The first-order chi connectivity index (χ1) is 21.0. The molecule has 1 aromatic carbocycles. The molecule has 4 aromatic rings. The molecule has 3 amide bonds. The molecule has 1 fully saturated rings. The number of nitrogens with zero attached hydrogens (tertiary/aromatic N) is 7. The van der Waals surface area contributed by atoms with Crippen LogP contribution in [0, 0.1) is 0 Å². The number of rotatable bonds is 8. The van der Waals surface area contributed by atoms with Gasteiger partial charge in [-0.3, -0.25) is 19.1 Å². The van der Waals surface area contributed by atoms with Gasteiger partial charge in [-0.25, -0.2) is 24.1 Å². The number of nitrogens with one attached hydrogen (secondary N) is 1. The average molecular weight is 667 g/mol. The molecule has 1 N–H and O–H groups in total. The lowest BCUT2D eigenvalue weighted by molar-refractivity contribution is -0.137. The molecule has 13 nitrogen and oxygen atoms in total. The van der Waals surface area contributed by atoms with Gasteiger partial charge in [-0.15, -0.1) is 0 Å². The summed E-state index contributed by atoms with van der Waals surface area (Å²) in [6.45, 7) is 3.07. The van der Waals surface area contributed by atoms with Crippen molar-refractivity contribution in [2.75, 3.05) is 25.5 Å². The zero-order valence-corrected chi connectivity index (χ0v) is 25.6. The minimum Gasteiger partial charge on any atom is -0.374 e. The van der Waals surface area contributed by atoms with Gasteiger partial charge < -0.3 is 19.9 Å². The Morgan fingerprint density at radius 2 is 1.89 bits per heavy atom. The minimum absolute atomic E-state index is 0.104. The number of pyridine rings is 1. The molecule has 0 aliphatic carbocycles. The standard InChI is InChI=1S/C29H28BrFN8O5/c1-4-37(3)29(43)44-28-32-12-18(13-33-28)17-8-9-21-20(10-17)26(16(2)40)36-39(21)15-25(41)38-14-19(31)11-22(38)27(42)35-24-7-5-6-23(30)34-24/h5-10,12-13,19,22H,4,11,14-15H2,1-3H3,(H,34,35,42)/t19-,22+/m1/s1. The zero-order chi connectivity index (χ0) is 31.5. The highest BCUT2D eigenvalue weighted by Gasteiger charge is 2.40. The van der Waals surface area contributed by atoms with Crippen molar-refractivity contribution in [3.05, 3.63) is 59.1 Å². The Labute approximate surface area is 259 Å². The van der Waals surface area contributed by atoms with E-state index in [4.69, 9.17) is 4.74 Å².